The van der Waals surface area contributed by atoms with Gasteiger partial charge in [-0.15, -0.1) is 0 Å². The molecule has 0 bridgehead atoms. The minimum Gasteiger partial charge on any atom is -0.508 e. The summed E-state index contributed by atoms with van der Waals surface area (Å²) in [7, 11) is 0. The molecule has 3 heterocycles. The number of hydrogen-bond acceptors (Lipinski definition) is 7. The Bertz CT molecular complexity index is 1230. The summed E-state index contributed by atoms with van der Waals surface area (Å²) in [6.45, 7) is 3.06. The zero-order valence-corrected chi connectivity index (χ0v) is 18.6. The molecule has 1 fully saturated rings. The lowest BCUT2D eigenvalue weighted by Crippen LogP contribution is -2.52. The Morgan fingerprint density at radius 3 is 2.78 bits per heavy atom. The number of halogens is 2. The molecule has 1 aromatic heterocycles. The molecule has 2 aliphatic rings. The molecule has 0 saturated carbocycles. The molecule has 0 aliphatic carbocycles. The van der Waals surface area contributed by atoms with Crippen LogP contribution in [0.2, 0.25) is 5.02 Å². The quantitative estimate of drug-likeness (QED) is 0.444. The van der Waals surface area contributed by atoms with Crippen molar-refractivity contribution < 1.29 is 14.3 Å². The number of carbonyl (C=O) groups excluding carboxylic acids is 1. The fourth-order valence-corrected chi connectivity index (χ4v) is 5.61. The lowest BCUT2D eigenvalue weighted by Gasteiger charge is -2.40. The van der Waals surface area contributed by atoms with E-state index in [0.29, 0.717) is 21.9 Å². The lowest BCUT2D eigenvalue weighted by molar-refractivity contribution is -0.104. The van der Waals surface area contributed by atoms with Crippen molar-refractivity contribution in [2.45, 2.75) is 4.90 Å². The number of hydrazine groups is 1. The summed E-state index contributed by atoms with van der Waals surface area (Å²) >= 11 is 8.07. The summed E-state index contributed by atoms with van der Waals surface area (Å²) in [6.07, 6.45) is 5.70. The predicted octanol–water partition coefficient (Wildman–Crippen LogP) is 4.51. The maximum atomic E-state index is 15.8. The Kier molecular flexibility index (Phi) is 5.67. The number of carbonyl (C=O) groups is 1. The number of phenolic OH excluding ortho intramolecular Hbond substituents is 1. The zero-order valence-electron chi connectivity index (χ0n) is 17.0. The van der Waals surface area contributed by atoms with Gasteiger partial charge in [-0.25, -0.2) is 9.40 Å². The number of aldehydes is 1. The second kappa shape index (κ2) is 8.61. The van der Waals surface area contributed by atoms with E-state index in [9.17, 15) is 9.90 Å². The van der Waals surface area contributed by atoms with Gasteiger partial charge in [0.15, 0.2) is 0 Å². The van der Waals surface area contributed by atoms with Crippen molar-refractivity contribution in [1.82, 2.24) is 14.9 Å². The van der Waals surface area contributed by atoms with Crippen molar-refractivity contribution in [1.29, 1.82) is 0 Å². The van der Waals surface area contributed by atoms with Gasteiger partial charge in [-0.3, -0.25) is 14.8 Å². The van der Waals surface area contributed by atoms with Crippen LogP contribution in [0.3, 0.4) is 0 Å². The Morgan fingerprint density at radius 2 is 2.00 bits per heavy atom. The van der Waals surface area contributed by atoms with E-state index in [-0.39, 0.29) is 22.2 Å². The Morgan fingerprint density at radius 1 is 1.19 bits per heavy atom. The molecule has 2 aliphatic heterocycles. The highest BCUT2D eigenvalue weighted by molar-refractivity contribution is 7.99. The van der Waals surface area contributed by atoms with Gasteiger partial charge in [0.25, 0.3) is 0 Å². The van der Waals surface area contributed by atoms with Gasteiger partial charge in [-0.2, -0.15) is 0 Å². The molecule has 3 aromatic rings. The second-order valence-corrected chi connectivity index (χ2v) is 8.96. The van der Waals surface area contributed by atoms with Gasteiger partial charge in [-0.1, -0.05) is 29.4 Å². The molecule has 0 unspecified atom stereocenters. The van der Waals surface area contributed by atoms with E-state index in [1.807, 2.05) is 6.07 Å². The van der Waals surface area contributed by atoms with Crippen LogP contribution < -0.4 is 5.01 Å². The van der Waals surface area contributed by atoms with E-state index >= 15 is 4.39 Å². The van der Waals surface area contributed by atoms with Crippen LogP contribution in [0.15, 0.2) is 53.7 Å². The predicted molar refractivity (Wildman–Crippen MR) is 125 cm³/mol. The van der Waals surface area contributed by atoms with Gasteiger partial charge in [-0.05, 0) is 29.8 Å². The van der Waals surface area contributed by atoms with Crippen molar-refractivity contribution >= 4 is 46.2 Å². The third kappa shape index (κ3) is 3.68. The average molecular weight is 471 g/mol. The maximum absolute atomic E-state index is 15.8. The van der Waals surface area contributed by atoms with E-state index < -0.39 is 0 Å². The first kappa shape index (κ1) is 21.1. The lowest BCUT2D eigenvalue weighted by atomic mass is 9.99. The summed E-state index contributed by atoms with van der Waals surface area (Å²) in [5.41, 5.74) is 2.13. The number of anilines is 1. The summed E-state index contributed by atoms with van der Waals surface area (Å²) in [4.78, 5) is 17.5. The summed E-state index contributed by atoms with van der Waals surface area (Å²) in [5.74, 6) is 0.222. The number of allylic oxidation sites excluding steroid dienone is 1. The standard InChI is InChI=1S/C23H20ClFN4O2S/c24-18-13-20-23(32-14-29(20)28-8-6-27(7-9-28)5-2-10-30)22(25)21(18)17-11-15(31)12-19-16(17)3-1-4-26-19/h1-5,10-13,31H,6-9,14H2. The van der Waals surface area contributed by atoms with Crippen LogP contribution in [0, 0.1) is 5.82 Å². The summed E-state index contributed by atoms with van der Waals surface area (Å²) in [6, 6.07) is 8.52. The number of fused-ring (bicyclic) bond motifs is 2. The number of benzene rings is 2. The van der Waals surface area contributed by atoms with Crippen LogP contribution in [0.25, 0.3) is 22.0 Å². The first-order valence-electron chi connectivity index (χ1n) is 10.2. The molecule has 0 amide bonds. The SMILES string of the molecule is O=CC=CN1CCN(N2CSc3c2cc(Cl)c(-c2cc(O)cc4ncccc24)c3F)CC1. The molecule has 1 saturated heterocycles. The minimum atomic E-state index is -0.386. The molecule has 2 aromatic carbocycles. The van der Waals surface area contributed by atoms with Crippen molar-refractivity contribution in [3.8, 4) is 16.9 Å². The topological polar surface area (TPSA) is 59.9 Å². The molecule has 0 spiro atoms. The van der Waals surface area contributed by atoms with Gasteiger partial charge in [0.05, 0.1) is 27.0 Å². The number of aromatic nitrogens is 1. The molecule has 32 heavy (non-hydrogen) atoms. The number of thioether (sulfide) groups is 1. The Labute approximate surface area is 193 Å². The number of aromatic hydroxyl groups is 1. The molecule has 1 N–H and O–H groups in total. The maximum Gasteiger partial charge on any atom is 0.148 e. The van der Waals surface area contributed by atoms with Crippen LogP contribution >= 0.6 is 23.4 Å². The van der Waals surface area contributed by atoms with E-state index in [2.05, 4.69) is 19.9 Å². The van der Waals surface area contributed by atoms with E-state index in [1.54, 1.807) is 30.6 Å². The van der Waals surface area contributed by atoms with Crippen LogP contribution in [0.1, 0.15) is 0 Å². The zero-order chi connectivity index (χ0) is 22.2. The van der Waals surface area contributed by atoms with E-state index in [4.69, 9.17) is 11.6 Å². The fraction of sp³-hybridized carbons (Fsp3) is 0.217. The first-order chi connectivity index (χ1) is 15.6. The third-order valence-corrected chi connectivity index (χ3v) is 7.09. The van der Waals surface area contributed by atoms with Gasteiger partial charge in [0.2, 0.25) is 0 Å². The molecule has 9 heteroatoms. The van der Waals surface area contributed by atoms with E-state index in [0.717, 1.165) is 43.5 Å². The second-order valence-electron chi connectivity index (χ2n) is 7.60. The molecule has 0 radical (unpaired) electrons. The third-order valence-electron chi connectivity index (χ3n) is 5.75. The number of rotatable bonds is 4. The number of phenols is 1. The van der Waals surface area contributed by atoms with Crippen LogP contribution in [0.5, 0.6) is 5.75 Å². The molecule has 0 atom stereocenters. The highest BCUT2D eigenvalue weighted by Crippen LogP contribution is 2.48. The highest BCUT2D eigenvalue weighted by Gasteiger charge is 2.32. The van der Waals surface area contributed by atoms with Crippen LogP contribution in [-0.4, -0.2) is 58.3 Å². The van der Waals surface area contributed by atoms with Gasteiger partial charge in [0.1, 0.15) is 17.9 Å². The van der Waals surface area contributed by atoms with Gasteiger partial charge < -0.3 is 10.0 Å². The summed E-state index contributed by atoms with van der Waals surface area (Å²) < 4.78 is 15.8. The fourth-order valence-electron chi connectivity index (χ4n) is 4.23. The molecule has 5 rings (SSSR count). The minimum absolute atomic E-state index is 0.0120. The van der Waals surface area contributed by atoms with Crippen molar-refractivity contribution in [2.24, 2.45) is 0 Å². The van der Waals surface area contributed by atoms with Gasteiger partial charge >= 0.3 is 0 Å². The van der Waals surface area contributed by atoms with Crippen LogP contribution in [-0.2, 0) is 4.79 Å². The first-order valence-corrected chi connectivity index (χ1v) is 11.5. The number of hydrogen-bond donors (Lipinski definition) is 1. The van der Waals surface area contributed by atoms with E-state index in [1.165, 1.54) is 23.9 Å². The monoisotopic (exact) mass is 470 g/mol. The van der Waals surface area contributed by atoms with Gasteiger partial charge in [0, 0.05) is 55.6 Å². The van der Waals surface area contributed by atoms with Crippen LogP contribution in [0.4, 0.5) is 10.1 Å². The molecule has 164 valence electrons. The molecular weight excluding hydrogens is 451 g/mol. The summed E-state index contributed by atoms with van der Waals surface area (Å²) in [5, 5.41) is 15.5. The Hall–Kier alpha value is -2.81. The van der Waals surface area contributed by atoms with Crippen molar-refractivity contribution in [3.05, 3.63) is 59.6 Å². The average Bonchev–Trinajstić information content (AvgIpc) is 3.22. The number of nitrogens with zero attached hydrogens (tertiary/aromatic N) is 4. The largest absolute Gasteiger partial charge is 0.508 e. The van der Waals surface area contributed by atoms with Crippen molar-refractivity contribution in [2.75, 3.05) is 37.1 Å². The Balaban J connectivity index is 1.50. The molecular formula is C23H20ClFN4O2S. The number of piperazine rings is 1. The number of pyridine rings is 1. The normalized spacial score (nSPS) is 16.8. The smallest absolute Gasteiger partial charge is 0.148 e. The molecule has 6 nitrogen and oxygen atoms in total. The highest BCUT2D eigenvalue weighted by atomic mass is 35.5. The van der Waals surface area contributed by atoms with Crippen molar-refractivity contribution in [3.63, 3.8) is 0 Å².